The number of hydrogen-bond donors (Lipinski definition) is 3. The number of nitrogens with one attached hydrogen (secondary N) is 3. The van der Waals surface area contributed by atoms with Crippen molar-refractivity contribution in [2.75, 3.05) is 12.4 Å². The summed E-state index contributed by atoms with van der Waals surface area (Å²) in [7, 11) is 1.85. The number of nitrogens with zero attached hydrogens (tertiary/aromatic N) is 1. The third-order valence-electron chi connectivity index (χ3n) is 5.09. The molecule has 0 saturated carbocycles. The molecule has 2 fully saturated rings. The number of anilines is 1. The summed E-state index contributed by atoms with van der Waals surface area (Å²) in [6, 6.07) is 9.63. The molecule has 6 nitrogen and oxygen atoms in total. The maximum absolute atomic E-state index is 12.6. The van der Waals surface area contributed by atoms with Gasteiger partial charge in [0.1, 0.15) is 6.04 Å². The second-order valence-electron chi connectivity index (χ2n) is 6.90. The van der Waals surface area contributed by atoms with E-state index >= 15 is 0 Å². The second-order valence-corrected chi connectivity index (χ2v) is 6.90. The first-order valence-electron chi connectivity index (χ1n) is 8.68. The monoisotopic (exact) mass is 330 g/mol. The molecule has 2 saturated heterocycles. The lowest BCUT2D eigenvalue weighted by Gasteiger charge is -2.36. The molecule has 2 aliphatic heterocycles. The first-order valence-corrected chi connectivity index (χ1v) is 8.68. The Morgan fingerprint density at radius 3 is 2.42 bits per heavy atom. The van der Waals surface area contributed by atoms with E-state index in [0.29, 0.717) is 17.8 Å². The summed E-state index contributed by atoms with van der Waals surface area (Å²) in [4.78, 5) is 26.5. The van der Waals surface area contributed by atoms with Crippen LogP contribution < -0.4 is 16.0 Å². The van der Waals surface area contributed by atoms with Crippen LogP contribution in [0, 0.1) is 0 Å². The van der Waals surface area contributed by atoms with E-state index in [1.807, 2.05) is 42.3 Å². The minimum atomic E-state index is -0.550. The molecule has 3 amide bonds. The largest absolute Gasteiger partial charge is 0.341 e. The summed E-state index contributed by atoms with van der Waals surface area (Å²) >= 11 is 0. The molecule has 6 heteroatoms. The van der Waals surface area contributed by atoms with Gasteiger partial charge in [0.2, 0.25) is 5.91 Å². The zero-order valence-electron chi connectivity index (χ0n) is 14.3. The van der Waals surface area contributed by atoms with Crippen molar-refractivity contribution in [3.8, 4) is 0 Å². The van der Waals surface area contributed by atoms with Crippen LogP contribution in [-0.4, -0.2) is 48.1 Å². The average Bonchev–Trinajstić information content (AvgIpc) is 2.92. The van der Waals surface area contributed by atoms with E-state index in [1.54, 1.807) is 6.92 Å². The van der Waals surface area contributed by atoms with Gasteiger partial charge in [0.15, 0.2) is 0 Å². The van der Waals surface area contributed by atoms with E-state index in [1.165, 1.54) is 12.8 Å². The van der Waals surface area contributed by atoms with Crippen molar-refractivity contribution >= 4 is 17.6 Å². The number of benzene rings is 1. The van der Waals surface area contributed by atoms with Gasteiger partial charge in [-0.3, -0.25) is 4.79 Å². The van der Waals surface area contributed by atoms with E-state index in [4.69, 9.17) is 0 Å². The highest BCUT2D eigenvalue weighted by atomic mass is 16.2. The highest BCUT2D eigenvalue weighted by Crippen LogP contribution is 2.29. The number of urea groups is 1. The molecule has 2 aliphatic rings. The van der Waals surface area contributed by atoms with Crippen LogP contribution in [0.15, 0.2) is 30.3 Å². The Labute approximate surface area is 143 Å². The Hall–Kier alpha value is -2.08. The van der Waals surface area contributed by atoms with Gasteiger partial charge in [-0.1, -0.05) is 18.2 Å². The van der Waals surface area contributed by atoms with Gasteiger partial charge in [0.25, 0.3) is 0 Å². The molecule has 3 N–H and O–H groups in total. The molecule has 130 valence electrons. The standard InChI is InChI=1S/C18H26N4O2/c1-12(19-18(24)21-13-6-4-3-5-7-13)17(23)22(2)16-10-14-8-9-15(11-16)20-14/h3-7,12,14-16,20H,8-11H2,1-2H3,(H2,19,21,24). The van der Waals surface area contributed by atoms with Gasteiger partial charge >= 0.3 is 6.03 Å². The fourth-order valence-electron chi connectivity index (χ4n) is 3.78. The molecule has 3 rings (SSSR count). The van der Waals surface area contributed by atoms with Crippen LogP contribution in [0.2, 0.25) is 0 Å². The molecule has 0 aromatic heterocycles. The van der Waals surface area contributed by atoms with Crippen molar-refractivity contribution in [1.29, 1.82) is 0 Å². The molecular formula is C18H26N4O2. The molecule has 3 atom stereocenters. The summed E-state index contributed by atoms with van der Waals surface area (Å²) < 4.78 is 0. The first kappa shape index (κ1) is 16.8. The predicted octanol–water partition coefficient (Wildman–Crippen LogP) is 1.94. The highest BCUT2D eigenvalue weighted by Gasteiger charge is 2.37. The minimum absolute atomic E-state index is 0.0375. The predicted molar refractivity (Wildman–Crippen MR) is 93.8 cm³/mol. The summed E-state index contributed by atoms with van der Waals surface area (Å²) in [5.74, 6) is -0.0375. The molecule has 1 aromatic carbocycles. The van der Waals surface area contributed by atoms with E-state index < -0.39 is 6.04 Å². The third kappa shape index (κ3) is 3.87. The van der Waals surface area contributed by atoms with E-state index in [2.05, 4.69) is 16.0 Å². The van der Waals surface area contributed by atoms with Gasteiger partial charge in [0, 0.05) is 30.9 Å². The lowest BCUT2D eigenvalue weighted by atomic mass is 9.98. The van der Waals surface area contributed by atoms with Crippen molar-refractivity contribution in [3.63, 3.8) is 0 Å². The van der Waals surface area contributed by atoms with E-state index in [0.717, 1.165) is 12.8 Å². The number of rotatable bonds is 4. The second kappa shape index (κ2) is 7.21. The Morgan fingerprint density at radius 2 is 1.79 bits per heavy atom. The van der Waals surface area contributed by atoms with Crippen LogP contribution in [0.1, 0.15) is 32.6 Å². The maximum atomic E-state index is 12.6. The number of carbonyl (C=O) groups is 2. The number of piperidine rings is 1. The average molecular weight is 330 g/mol. The smallest absolute Gasteiger partial charge is 0.319 e. The molecule has 3 unspecified atom stereocenters. The molecule has 0 radical (unpaired) electrons. The lowest BCUT2D eigenvalue weighted by molar-refractivity contribution is -0.134. The minimum Gasteiger partial charge on any atom is -0.341 e. The van der Waals surface area contributed by atoms with Crippen LogP contribution in [0.3, 0.4) is 0 Å². The Balaban J connectivity index is 1.51. The van der Waals surface area contributed by atoms with Gasteiger partial charge in [-0.05, 0) is 44.7 Å². The zero-order chi connectivity index (χ0) is 17.1. The molecule has 24 heavy (non-hydrogen) atoms. The number of para-hydroxylation sites is 1. The summed E-state index contributed by atoms with van der Waals surface area (Å²) in [5.41, 5.74) is 0.706. The van der Waals surface area contributed by atoms with Crippen molar-refractivity contribution in [2.45, 2.75) is 56.8 Å². The van der Waals surface area contributed by atoms with E-state index in [-0.39, 0.29) is 18.0 Å². The van der Waals surface area contributed by atoms with Crippen molar-refractivity contribution in [2.24, 2.45) is 0 Å². The molecule has 1 aromatic rings. The number of carbonyl (C=O) groups excluding carboxylic acids is 2. The Kier molecular flexibility index (Phi) is 5.04. The number of hydrogen-bond acceptors (Lipinski definition) is 3. The first-order chi connectivity index (χ1) is 11.5. The summed E-state index contributed by atoms with van der Waals surface area (Å²) in [5, 5.41) is 9.05. The van der Waals surface area contributed by atoms with Gasteiger partial charge in [-0.15, -0.1) is 0 Å². The molecule has 2 bridgehead atoms. The quantitative estimate of drug-likeness (QED) is 0.790. The lowest BCUT2D eigenvalue weighted by Crippen LogP contribution is -2.53. The Bertz CT molecular complexity index is 580. The normalized spacial score (nSPS) is 26.5. The third-order valence-corrected chi connectivity index (χ3v) is 5.09. The SMILES string of the molecule is CC(NC(=O)Nc1ccccc1)C(=O)N(C)C1CC2CCC(C1)N2. The van der Waals surface area contributed by atoms with Crippen LogP contribution in [0.25, 0.3) is 0 Å². The topological polar surface area (TPSA) is 73.5 Å². The maximum Gasteiger partial charge on any atom is 0.319 e. The number of fused-ring (bicyclic) bond motifs is 2. The molecule has 0 aliphatic carbocycles. The highest BCUT2D eigenvalue weighted by molar-refractivity contribution is 5.93. The zero-order valence-corrected chi connectivity index (χ0v) is 14.3. The van der Waals surface area contributed by atoms with Gasteiger partial charge in [-0.2, -0.15) is 0 Å². The van der Waals surface area contributed by atoms with Gasteiger partial charge in [-0.25, -0.2) is 4.79 Å². The molecular weight excluding hydrogens is 304 g/mol. The van der Waals surface area contributed by atoms with Gasteiger partial charge < -0.3 is 20.9 Å². The summed E-state index contributed by atoms with van der Waals surface area (Å²) in [6.45, 7) is 1.74. The molecule has 2 heterocycles. The fraction of sp³-hybridized carbons (Fsp3) is 0.556. The number of amides is 3. The van der Waals surface area contributed by atoms with Crippen LogP contribution >= 0.6 is 0 Å². The van der Waals surface area contributed by atoms with Crippen molar-refractivity contribution in [1.82, 2.24) is 15.5 Å². The Morgan fingerprint density at radius 1 is 1.17 bits per heavy atom. The van der Waals surface area contributed by atoms with Crippen LogP contribution in [-0.2, 0) is 4.79 Å². The fourth-order valence-corrected chi connectivity index (χ4v) is 3.78. The van der Waals surface area contributed by atoms with Crippen LogP contribution in [0.5, 0.6) is 0 Å². The van der Waals surface area contributed by atoms with Crippen molar-refractivity contribution < 1.29 is 9.59 Å². The molecule has 0 spiro atoms. The summed E-state index contributed by atoms with van der Waals surface area (Å²) in [6.07, 6.45) is 4.41. The number of likely N-dealkylation sites (N-methyl/N-ethyl adjacent to an activating group) is 1. The van der Waals surface area contributed by atoms with Crippen molar-refractivity contribution in [3.05, 3.63) is 30.3 Å². The van der Waals surface area contributed by atoms with E-state index in [9.17, 15) is 9.59 Å². The van der Waals surface area contributed by atoms with Gasteiger partial charge in [0.05, 0.1) is 0 Å². The van der Waals surface area contributed by atoms with Crippen LogP contribution in [0.4, 0.5) is 10.5 Å².